The molecule has 3 unspecified atom stereocenters. The molecule has 0 aliphatic rings. The third kappa shape index (κ3) is 53.7. The number of hydrogen-bond acceptors (Lipinski definition) is 10. The van der Waals surface area contributed by atoms with E-state index in [1.807, 2.05) is 30.4 Å². The number of esters is 3. The Hall–Kier alpha value is -5.16. The van der Waals surface area contributed by atoms with Crippen molar-refractivity contribution in [3.8, 4) is 0 Å². The van der Waals surface area contributed by atoms with Crippen LogP contribution in [0.3, 0.4) is 0 Å². The summed E-state index contributed by atoms with van der Waals surface area (Å²) in [5, 5.41) is 9.79. The Morgan fingerprint density at radius 3 is 1.03 bits per heavy atom. The van der Waals surface area contributed by atoms with Crippen molar-refractivity contribution >= 4 is 25.7 Å². The van der Waals surface area contributed by atoms with E-state index in [-0.39, 0.29) is 19.3 Å². The molecule has 2 N–H and O–H groups in total. The lowest BCUT2D eigenvalue weighted by Crippen LogP contribution is -2.30. The molecule has 76 heavy (non-hydrogen) atoms. The highest BCUT2D eigenvalue weighted by molar-refractivity contribution is 7.47. The molecule has 0 aliphatic carbocycles. The van der Waals surface area contributed by atoms with E-state index < -0.39 is 64.4 Å². The number of allylic oxidation sites excluding steroid dienone is 28. The molecule has 0 bridgehead atoms. The maximum absolute atomic E-state index is 12.9. The molecule has 0 amide bonds. The van der Waals surface area contributed by atoms with Crippen LogP contribution in [0.2, 0.25) is 0 Å². The van der Waals surface area contributed by atoms with Gasteiger partial charge >= 0.3 is 25.7 Å². The second-order valence-corrected chi connectivity index (χ2v) is 19.1. The van der Waals surface area contributed by atoms with E-state index in [4.69, 9.17) is 23.3 Å². The van der Waals surface area contributed by atoms with Gasteiger partial charge in [-0.3, -0.25) is 23.4 Å². The van der Waals surface area contributed by atoms with Crippen molar-refractivity contribution < 1.29 is 52.2 Å². The summed E-state index contributed by atoms with van der Waals surface area (Å²) in [6.45, 7) is 4.06. The van der Waals surface area contributed by atoms with E-state index in [2.05, 4.69) is 161 Å². The van der Waals surface area contributed by atoms with Crippen LogP contribution in [0.1, 0.15) is 175 Å². The minimum atomic E-state index is -4.80. The van der Waals surface area contributed by atoms with Crippen LogP contribution in [0.15, 0.2) is 170 Å². The van der Waals surface area contributed by atoms with Crippen LogP contribution in [0.5, 0.6) is 0 Å². The van der Waals surface area contributed by atoms with Gasteiger partial charge in [-0.1, -0.05) is 204 Å². The molecule has 0 rings (SSSR count). The highest BCUT2D eigenvalue weighted by Gasteiger charge is 2.28. The number of phosphoric acid groups is 1. The Balaban J connectivity index is 4.99. The van der Waals surface area contributed by atoms with Crippen LogP contribution in [-0.2, 0) is 42.2 Å². The van der Waals surface area contributed by atoms with Crippen LogP contribution in [0.4, 0.5) is 0 Å². The Labute approximate surface area is 459 Å². The third-order valence-corrected chi connectivity index (χ3v) is 11.6. The summed E-state index contributed by atoms with van der Waals surface area (Å²) >= 11 is 0. The maximum atomic E-state index is 12.9. The standard InChI is InChI=1S/C64H97O11P/c1-4-7-10-13-16-19-22-25-27-29-30-32-34-37-40-43-46-49-52-55-64(68)75-61(57-71-62(66)53-50-47-44-41-38-36-33-31-28-26-23-20-17-14-11-8-5-2)59-73-76(69,70)72-58-60(56-65)74-63(67)54-51-48-45-42-39-35-24-21-18-15-12-9-6-3/h7-12,16-21,25-28,30,32-33,35-37,39-40,45-46,48-49,60-61,65H,4-6,13-15,22-24,29,31,34,38,41-44,47,50-59H2,1-3H3,(H,69,70)/b10-7-,11-8-,12-9-,19-16-,20-17-,21-18-,27-25-,28-26-,32-30-,36-33-,39-35-,40-37-,48-45-,49-46-. The van der Waals surface area contributed by atoms with Crippen LogP contribution in [0, 0.1) is 0 Å². The van der Waals surface area contributed by atoms with Gasteiger partial charge in [0.15, 0.2) is 6.10 Å². The minimum Gasteiger partial charge on any atom is -0.462 e. The Kier molecular flexibility index (Phi) is 52.2. The predicted molar refractivity (Wildman–Crippen MR) is 315 cm³/mol. The van der Waals surface area contributed by atoms with E-state index in [0.717, 1.165) is 109 Å². The van der Waals surface area contributed by atoms with Gasteiger partial charge in [-0.15, -0.1) is 0 Å². The summed E-state index contributed by atoms with van der Waals surface area (Å²) < 4.78 is 39.3. The van der Waals surface area contributed by atoms with E-state index >= 15 is 0 Å². The molecule has 12 heteroatoms. The lowest BCUT2D eigenvalue weighted by atomic mass is 10.1. The Morgan fingerprint density at radius 2 is 0.671 bits per heavy atom. The van der Waals surface area contributed by atoms with Gasteiger partial charge in [-0.2, -0.15) is 0 Å². The van der Waals surface area contributed by atoms with Crippen molar-refractivity contribution in [1.82, 2.24) is 0 Å². The molecule has 424 valence electrons. The minimum absolute atomic E-state index is 0.0205. The van der Waals surface area contributed by atoms with Gasteiger partial charge in [0, 0.05) is 19.3 Å². The van der Waals surface area contributed by atoms with Gasteiger partial charge in [-0.25, -0.2) is 4.57 Å². The largest absolute Gasteiger partial charge is 0.472 e. The van der Waals surface area contributed by atoms with Crippen molar-refractivity contribution in [2.24, 2.45) is 0 Å². The number of carbonyl (C=O) groups excluding carboxylic acids is 3. The van der Waals surface area contributed by atoms with Crippen molar-refractivity contribution in [3.05, 3.63) is 170 Å². The fraction of sp³-hybridized carbons (Fsp3) is 0.516. The third-order valence-electron chi connectivity index (χ3n) is 10.6. The summed E-state index contributed by atoms with van der Waals surface area (Å²) in [4.78, 5) is 48.4. The van der Waals surface area contributed by atoms with E-state index in [1.165, 1.54) is 0 Å². The zero-order valence-electron chi connectivity index (χ0n) is 46.6. The molecular formula is C64H97O11P. The Bertz CT molecular complexity index is 1920. The first kappa shape index (κ1) is 70.8. The molecule has 11 nitrogen and oxygen atoms in total. The van der Waals surface area contributed by atoms with E-state index in [9.17, 15) is 28.9 Å². The summed E-state index contributed by atoms with van der Waals surface area (Å²) in [5.41, 5.74) is 0. The number of hydrogen-bond donors (Lipinski definition) is 2. The number of carbonyl (C=O) groups is 3. The topological polar surface area (TPSA) is 155 Å². The van der Waals surface area contributed by atoms with Crippen LogP contribution < -0.4 is 0 Å². The molecule has 0 aromatic carbocycles. The monoisotopic (exact) mass is 1070 g/mol. The van der Waals surface area contributed by atoms with Crippen LogP contribution in [-0.4, -0.2) is 66.5 Å². The molecule has 3 atom stereocenters. The van der Waals surface area contributed by atoms with E-state index in [0.29, 0.717) is 25.7 Å². The summed E-state index contributed by atoms with van der Waals surface area (Å²) in [7, 11) is -4.80. The van der Waals surface area contributed by atoms with Crippen molar-refractivity contribution in [1.29, 1.82) is 0 Å². The van der Waals surface area contributed by atoms with E-state index in [1.54, 1.807) is 0 Å². The quantitative estimate of drug-likeness (QED) is 0.0197. The normalized spacial score (nSPS) is 14.6. The molecule has 0 spiro atoms. The molecule has 0 radical (unpaired) electrons. The zero-order valence-corrected chi connectivity index (χ0v) is 47.5. The highest BCUT2D eigenvalue weighted by atomic mass is 31.2. The Morgan fingerprint density at radius 1 is 0.368 bits per heavy atom. The van der Waals surface area contributed by atoms with Gasteiger partial charge in [0.05, 0.1) is 19.8 Å². The van der Waals surface area contributed by atoms with Gasteiger partial charge in [-0.05, 0) is 122 Å². The first-order valence-electron chi connectivity index (χ1n) is 28.0. The summed E-state index contributed by atoms with van der Waals surface area (Å²) in [5.74, 6) is -1.71. The van der Waals surface area contributed by atoms with Gasteiger partial charge in [0.1, 0.15) is 12.7 Å². The van der Waals surface area contributed by atoms with Crippen molar-refractivity contribution in [2.45, 2.75) is 187 Å². The first-order valence-corrected chi connectivity index (χ1v) is 29.5. The molecule has 0 aliphatic heterocycles. The number of phosphoric ester groups is 1. The SMILES string of the molecule is CC/C=C\C/C=C\C/C=C\C/C=C\C/C=C\C/C=C\CCC(=O)OC(COC(=O)CCCCCC/C=C\C/C=C\C/C=C\C/C=C\CC)COP(=O)(O)OCC(CO)OC(=O)CC/C=C\C/C=C\C/C=C\C/C=C\CC. The maximum Gasteiger partial charge on any atom is 0.472 e. The molecule has 0 saturated heterocycles. The van der Waals surface area contributed by atoms with Crippen molar-refractivity contribution in [3.63, 3.8) is 0 Å². The molecule has 0 aromatic rings. The fourth-order valence-corrected chi connectivity index (χ4v) is 7.29. The number of rotatable bonds is 49. The van der Waals surface area contributed by atoms with Gasteiger partial charge < -0.3 is 24.2 Å². The lowest BCUT2D eigenvalue weighted by molar-refractivity contribution is -0.161. The number of ether oxygens (including phenoxy) is 3. The second kappa shape index (κ2) is 56.1. The fourth-order valence-electron chi connectivity index (χ4n) is 6.50. The number of unbranched alkanes of at least 4 members (excludes halogenated alkanes) is 4. The first-order chi connectivity index (χ1) is 37.2. The summed E-state index contributed by atoms with van der Waals surface area (Å²) in [6.07, 6.45) is 74.9. The van der Waals surface area contributed by atoms with Gasteiger partial charge in [0.2, 0.25) is 0 Å². The molecular weight excluding hydrogens is 976 g/mol. The highest BCUT2D eigenvalue weighted by Crippen LogP contribution is 2.43. The molecule has 0 saturated carbocycles. The molecule has 0 aromatic heterocycles. The van der Waals surface area contributed by atoms with Crippen LogP contribution >= 0.6 is 7.82 Å². The number of aliphatic hydroxyl groups excluding tert-OH is 1. The lowest BCUT2D eigenvalue weighted by Gasteiger charge is -2.21. The number of aliphatic hydroxyl groups is 1. The smallest absolute Gasteiger partial charge is 0.462 e. The van der Waals surface area contributed by atoms with Crippen molar-refractivity contribution in [2.75, 3.05) is 26.4 Å². The summed E-state index contributed by atoms with van der Waals surface area (Å²) in [6, 6.07) is 0. The van der Waals surface area contributed by atoms with Gasteiger partial charge in [0.25, 0.3) is 0 Å². The predicted octanol–water partition coefficient (Wildman–Crippen LogP) is 16.7. The average Bonchev–Trinajstić information content (AvgIpc) is 3.41. The molecule has 0 heterocycles. The van der Waals surface area contributed by atoms with Crippen LogP contribution in [0.25, 0.3) is 0 Å². The zero-order chi connectivity index (χ0) is 55.5. The molecule has 0 fully saturated rings. The second-order valence-electron chi connectivity index (χ2n) is 17.6. The average molecular weight is 1070 g/mol.